The first-order valence-corrected chi connectivity index (χ1v) is 7.89. The van der Waals surface area contributed by atoms with Gasteiger partial charge in [-0.25, -0.2) is 0 Å². The standard InChI is InChI=1S/C19H13Br/c20-12-13-9-10-18-16-7-2-1-5-14(16)15-6-3-4-8-17(15)19(18)11-13/h1-11H,12H2. The van der Waals surface area contributed by atoms with E-state index in [9.17, 15) is 0 Å². The number of fused-ring (bicyclic) bond motifs is 6. The molecule has 0 aliphatic heterocycles. The molecule has 0 nitrogen and oxygen atoms in total. The molecule has 4 aromatic carbocycles. The summed E-state index contributed by atoms with van der Waals surface area (Å²) >= 11 is 3.56. The summed E-state index contributed by atoms with van der Waals surface area (Å²) in [5.41, 5.74) is 1.32. The van der Waals surface area contributed by atoms with Crippen molar-refractivity contribution in [3.63, 3.8) is 0 Å². The molecule has 0 bridgehead atoms. The van der Waals surface area contributed by atoms with Gasteiger partial charge in [0.25, 0.3) is 0 Å². The van der Waals surface area contributed by atoms with Crippen LogP contribution in [0.3, 0.4) is 0 Å². The average molecular weight is 321 g/mol. The van der Waals surface area contributed by atoms with Gasteiger partial charge in [-0.15, -0.1) is 0 Å². The van der Waals surface area contributed by atoms with Gasteiger partial charge in [0.1, 0.15) is 0 Å². The van der Waals surface area contributed by atoms with Gasteiger partial charge in [0, 0.05) is 5.33 Å². The van der Waals surface area contributed by atoms with Crippen molar-refractivity contribution in [2.45, 2.75) is 5.33 Å². The second-order valence-corrected chi connectivity index (χ2v) is 5.67. The Morgan fingerprint density at radius 3 is 1.50 bits per heavy atom. The van der Waals surface area contributed by atoms with E-state index in [0.717, 1.165) is 5.33 Å². The lowest BCUT2D eigenvalue weighted by Gasteiger charge is -2.11. The van der Waals surface area contributed by atoms with Gasteiger partial charge in [0.05, 0.1) is 0 Å². The second-order valence-electron chi connectivity index (χ2n) is 5.10. The van der Waals surface area contributed by atoms with E-state index < -0.39 is 0 Å². The third kappa shape index (κ3) is 1.66. The predicted molar refractivity (Wildman–Crippen MR) is 91.6 cm³/mol. The van der Waals surface area contributed by atoms with E-state index in [4.69, 9.17) is 0 Å². The molecule has 0 unspecified atom stereocenters. The van der Waals surface area contributed by atoms with Crippen LogP contribution in [0.25, 0.3) is 32.3 Å². The molecule has 0 saturated heterocycles. The fourth-order valence-electron chi connectivity index (χ4n) is 3.04. The van der Waals surface area contributed by atoms with Crippen LogP contribution in [-0.2, 0) is 5.33 Å². The Bertz CT molecular complexity index is 903. The zero-order valence-corrected chi connectivity index (χ0v) is 12.5. The Kier molecular flexibility index (Phi) is 2.75. The summed E-state index contributed by atoms with van der Waals surface area (Å²) in [6.45, 7) is 0. The highest BCUT2D eigenvalue weighted by Gasteiger charge is 2.07. The molecule has 0 spiro atoms. The van der Waals surface area contributed by atoms with E-state index >= 15 is 0 Å². The van der Waals surface area contributed by atoms with Crippen molar-refractivity contribution < 1.29 is 0 Å². The summed E-state index contributed by atoms with van der Waals surface area (Å²) < 4.78 is 0. The number of benzene rings is 4. The van der Waals surface area contributed by atoms with E-state index in [1.165, 1.54) is 37.9 Å². The van der Waals surface area contributed by atoms with Crippen molar-refractivity contribution >= 4 is 48.2 Å². The Hall–Kier alpha value is -1.86. The molecule has 0 radical (unpaired) electrons. The normalized spacial score (nSPS) is 11.4. The van der Waals surface area contributed by atoms with Gasteiger partial charge in [0.15, 0.2) is 0 Å². The van der Waals surface area contributed by atoms with Gasteiger partial charge in [-0.1, -0.05) is 76.6 Å². The molecule has 0 atom stereocenters. The van der Waals surface area contributed by atoms with E-state index in [1.807, 2.05) is 0 Å². The first kappa shape index (κ1) is 11.9. The lowest BCUT2D eigenvalue weighted by atomic mass is 9.93. The summed E-state index contributed by atoms with van der Waals surface area (Å²) in [5.74, 6) is 0. The third-order valence-corrected chi connectivity index (χ3v) is 4.61. The number of halogens is 1. The topological polar surface area (TPSA) is 0 Å². The molecule has 4 aromatic rings. The first-order valence-electron chi connectivity index (χ1n) is 6.76. The summed E-state index contributed by atoms with van der Waals surface area (Å²) in [6, 6.07) is 24.1. The summed E-state index contributed by atoms with van der Waals surface area (Å²) in [5, 5.41) is 8.92. The lowest BCUT2D eigenvalue weighted by molar-refractivity contribution is 1.47. The fraction of sp³-hybridized carbons (Fsp3) is 0.0526. The molecular formula is C19H13Br. The van der Waals surface area contributed by atoms with Crippen LogP contribution in [0.5, 0.6) is 0 Å². The molecule has 0 aliphatic carbocycles. The second kappa shape index (κ2) is 4.60. The number of hydrogen-bond donors (Lipinski definition) is 0. The maximum absolute atomic E-state index is 3.56. The monoisotopic (exact) mass is 320 g/mol. The van der Waals surface area contributed by atoms with Crippen LogP contribution < -0.4 is 0 Å². The molecule has 96 valence electrons. The maximum Gasteiger partial charge on any atom is 0.0283 e. The third-order valence-electron chi connectivity index (χ3n) is 3.96. The fourth-order valence-corrected chi connectivity index (χ4v) is 3.39. The van der Waals surface area contributed by atoms with Crippen LogP contribution in [0.1, 0.15) is 5.56 Å². The van der Waals surface area contributed by atoms with Gasteiger partial charge in [0.2, 0.25) is 0 Å². The minimum absolute atomic E-state index is 0.893. The van der Waals surface area contributed by atoms with E-state index in [-0.39, 0.29) is 0 Å². The Morgan fingerprint density at radius 1 is 0.550 bits per heavy atom. The predicted octanol–water partition coefficient (Wildman–Crippen LogP) is 6.04. The quantitative estimate of drug-likeness (QED) is 0.296. The highest BCUT2D eigenvalue weighted by molar-refractivity contribution is 9.08. The van der Waals surface area contributed by atoms with Crippen molar-refractivity contribution in [3.8, 4) is 0 Å². The van der Waals surface area contributed by atoms with Gasteiger partial charge in [-0.2, -0.15) is 0 Å². The molecule has 4 rings (SSSR count). The van der Waals surface area contributed by atoms with E-state index in [1.54, 1.807) is 0 Å². The highest BCUT2D eigenvalue weighted by Crippen LogP contribution is 2.35. The van der Waals surface area contributed by atoms with Crippen molar-refractivity contribution in [2.75, 3.05) is 0 Å². The van der Waals surface area contributed by atoms with Crippen LogP contribution >= 0.6 is 15.9 Å². The van der Waals surface area contributed by atoms with Crippen molar-refractivity contribution in [2.24, 2.45) is 0 Å². The van der Waals surface area contributed by atoms with Gasteiger partial charge in [-0.05, 0) is 43.9 Å². The van der Waals surface area contributed by atoms with Crippen molar-refractivity contribution in [1.82, 2.24) is 0 Å². The molecule has 0 N–H and O–H groups in total. The average Bonchev–Trinajstić information content (AvgIpc) is 2.54. The zero-order chi connectivity index (χ0) is 13.5. The minimum atomic E-state index is 0.893. The van der Waals surface area contributed by atoms with Crippen molar-refractivity contribution in [1.29, 1.82) is 0 Å². The van der Waals surface area contributed by atoms with Crippen LogP contribution in [0.4, 0.5) is 0 Å². The molecule has 0 aromatic heterocycles. The van der Waals surface area contributed by atoms with Crippen LogP contribution in [0.2, 0.25) is 0 Å². The zero-order valence-electron chi connectivity index (χ0n) is 10.9. The lowest BCUT2D eigenvalue weighted by Crippen LogP contribution is -1.84. The highest BCUT2D eigenvalue weighted by atomic mass is 79.9. The summed E-state index contributed by atoms with van der Waals surface area (Å²) in [4.78, 5) is 0. The molecule has 0 fully saturated rings. The van der Waals surface area contributed by atoms with E-state index in [0.29, 0.717) is 0 Å². The molecule has 1 heteroatoms. The van der Waals surface area contributed by atoms with Gasteiger partial charge in [-0.3, -0.25) is 0 Å². The first-order chi connectivity index (χ1) is 9.88. The Labute approximate surface area is 126 Å². The smallest absolute Gasteiger partial charge is 0.0283 e. The van der Waals surface area contributed by atoms with Crippen LogP contribution in [0.15, 0.2) is 66.7 Å². The van der Waals surface area contributed by atoms with Gasteiger partial charge >= 0.3 is 0 Å². The number of rotatable bonds is 1. The minimum Gasteiger partial charge on any atom is -0.0876 e. The largest absolute Gasteiger partial charge is 0.0876 e. The number of alkyl halides is 1. The van der Waals surface area contributed by atoms with Gasteiger partial charge < -0.3 is 0 Å². The Balaban J connectivity index is 2.35. The molecular weight excluding hydrogens is 308 g/mol. The summed E-state index contributed by atoms with van der Waals surface area (Å²) in [6.07, 6.45) is 0. The molecule has 0 aliphatic rings. The van der Waals surface area contributed by atoms with Crippen LogP contribution in [0, 0.1) is 0 Å². The van der Waals surface area contributed by atoms with Crippen molar-refractivity contribution in [3.05, 3.63) is 72.3 Å². The van der Waals surface area contributed by atoms with E-state index in [2.05, 4.69) is 82.7 Å². The molecule has 20 heavy (non-hydrogen) atoms. The number of hydrogen-bond acceptors (Lipinski definition) is 0. The molecule has 0 amide bonds. The SMILES string of the molecule is BrCc1ccc2c3ccccc3c3ccccc3c2c1. The maximum atomic E-state index is 3.56. The van der Waals surface area contributed by atoms with Crippen LogP contribution in [-0.4, -0.2) is 0 Å². The molecule has 0 heterocycles. The summed E-state index contributed by atoms with van der Waals surface area (Å²) in [7, 11) is 0. The molecule has 0 saturated carbocycles. The Morgan fingerprint density at radius 2 is 1.00 bits per heavy atom.